The number of ether oxygens (including phenoxy) is 1. The van der Waals surface area contributed by atoms with Crippen molar-refractivity contribution in [3.8, 4) is 5.75 Å². The van der Waals surface area contributed by atoms with Crippen molar-refractivity contribution in [2.24, 2.45) is 0 Å². The minimum atomic E-state index is -0.997. The molecule has 0 saturated carbocycles. The number of benzene rings is 2. The molecule has 0 aliphatic rings. The van der Waals surface area contributed by atoms with E-state index in [9.17, 15) is 9.59 Å². The zero-order valence-electron chi connectivity index (χ0n) is 14.2. The summed E-state index contributed by atoms with van der Waals surface area (Å²) >= 11 is 0. The van der Waals surface area contributed by atoms with Gasteiger partial charge in [0.2, 0.25) is 5.91 Å². The van der Waals surface area contributed by atoms with Crippen molar-refractivity contribution in [3.63, 3.8) is 0 Å². The van der Waals surface area contributed by atoms with E-state index < -0.39 is 17.9 Å². The lowest BCUT2D eigenvalue weighted by molar-refractivity contribution is -0.142. The van der Waals surface area contributed by atoms with Gasteiger partial charge in [0.15, 0.2) is 0 Å². The summed E-state index contributed by atoms with van der Waals surface area (Å²) in [6.45, 7) is 3.67. The zero-order chi connectivity index (χ0) is 17.7. The zero-order valence-corrected chi connectivity index (χ0v) is 14.2. The first-order valence-corrected chi connectivity index (χ1v) is 8.07. The highest BCUT2D eigenvalue weighted by Gasteiger charge is 2.23. The number of fused-ring (bicyclic) bond motifs is 1. The number of hydrogen-bond donors (Lipinski definition) is 2. The number of carboxylic acid groups (broad SMARTS) is 1. The molecule has 2 aromatic carbocycles. The lowest BCUT2D eigenvalue weighted by atomic mass is 9.96. The monoisotopic (exact) mass is 329 g/mol. The van der Waals surface area contributed by atoms with Crippen molar-refractivity contribution in [2.45, 2.75) is 38.6 Å². The second kappa shape index (κ2) is 7.81. The lowest BCUT2D eigenvalue weighted by Gasteiger charge is -2.18. The van der Waals surface area contributed by atoms with Gasteiger partial charge >= 0.3 is 5.97 Å². The first-order valence-electron chi connectivity index (χ1n) is 8.07. The van der Waals surface area contributed by atoms with Crippen molar-refractivity contribution in [1.29, 1.82) is 0 Å². The summed E-state index contributed by atoms with van der Waals surface area (Å²) in [6.07, 6.45) is 1.12. The van der Waals surface area contributed by atoms with E-state index in [1.807, 2.05) is 43.3 Å². The summed E-state index contributed by atoms with van der Waals surface area (Å²) in [5, 5.41) is 13.8. The van der Waals surface area contributed by atoms with Crippen LogP contribution in [0.2, 0.25) is 0 Å². The molecule has 2 atom stereocenters. The van der Waals surface area contributed by atoms with E-state index in [0.29, 0.717) is 12.8 Å². The number of rotatable bonds is 7. The normalized spacial score (nSPS) is 13.3. The minimum absolute atomic E-state index is 0.274. The summed E-state index contributed by atoms with van der Waals surface area (Å²) in [5.41, 5.74) is 0.853. The fourth-order valence-corrected chi connectivity index (χ4v) is 2.63. The molecule has 2 unspecified atom stereocenters. The van der Waals surface area contributed by atoms with Gasteiger partial charge in [-0.05, 0) is 41.8 Å². The number of carboxylic acids is 1. The summed E-state index contributed by atoms with van der Waals surface area (Å²) in [5.74, 6) is -0.910. The van der Waals surface area contributed by atoms with Gasteiger partial charge < -0.3 is 15.2 Å². The highest BCUT2D eigenvalue weighted by atomic mass is 16.5. The SMILES string of the molecule is CCCC(NC(=O)C(C)c1ccc2cc(OC)ccc2c1)C(=O)O. The molecule has 2 N–H and O–H groups in total. The standard InChI is InChI=1S/C19H23NO4/c1-4-5-17(19(22)23)20-18(21)12(2)13-6-7-15-11-16(24-3)9-8-14(15)10-13/h6-12,17H,4-5H2,1-3H3,(H,20,21)(H,22,23). The highest BCUT2D eigenvalue weighted by molar-refractivity contribution is 5.90. The third kappa shape index (κ3) is 4.04. The van der Waals surface area contributed by atoms with Crippen LogP contribution in [0.15, 0.2) is 36.4 Å². The van der Waals surface area contributed by atoms with Gasteiger partial charge in [-0.3, -0.25) is 4.79 Å². The van der Waals surface area contributed by atoms with E-state index in [-0.39, 0.29) is 5.91 Å². The second-order valence-corrected chi connectivity index (χ2v) is 5.88. The predicted molar refractivity (Wildman–Crippen MR) is 93.4 cm³/mol. The van der Waals surface area contributed by atoms with Crippen molar-refractivity contribution < 1.29 is 19.4 Å². The molecule has 0 spiro atoms. The Kier molecular flexibility index (Phi) is 5.79. The molecule has 5 nitrogen and oxygen atoms in total. The fourth-order valence-electron chi connectivity index (χ4n) is 2.63. The van der Waals surface area contributed by atoms with E-state index in [0.717, 1.165) is 22.1 Å². The van der Waals surface area contributed by atoms with Crippen molar-refractivity contribution in [2.75, 3.05) is 7.11 Å². The summed E-state index contributed by atoms with van der Waals surface area (Å²) < 4.78 is 5.21. The van der Waals surface area contributed by atoms with Crippen LogP contribution in [0.25, 0.3) is 10.8 Å². The van der Waals surface area contributed by atoms with E-state index in [4.69, 9.17) is 9.84 Å². The first-order chi connectivity index (χ1) is 11.5. The number of methoxy groups -OCH3 is 1. The fraction of sp³-hybridized carbons (Fsp3) is 0.368. The van der Waals surface area contributed by atoms with Crippen molar-refractivity contribution in [3.05, 3.63) is 42.0 Å². The van der Waals surface area contributed by atoms with Crippen LogP contribution in [0.1, 0.15) is 38.2 Å². The number of carbonyl (C=O) groups excluding carboxylic acids is 1. The maximum Gasteiger partial charge on any atom is 0.326 e. The molecule has 1 amide bonds. The van der Waals surface area contributed by atoms with Crippen LogP contribution in [0, 0.1) is 0 Å². The Morgan fingerprint density at radius 1 is 1.17 bits per heavy atom. The lowest BCUT2D eigenvalue weighted by Crippen LogP contribution is -2.42. The molecule has 0 saturated heterocycles. The van der Waals surface area contributed by atoms with Crippen LogP contribution < -0.4 is 10.1 Å². The van der Waals surface area contributed by atoms with Gasteiger partial charge in [-0.15, -0.1) is 0 Å². The first kappa shape index (κ1) is 17.8. The molecule has 128 valence electrons. The maximum absolute atomic E-state index is 12.4. The van der Waals surface area contributed by atoms with Gasteiger partial charge in [0.25, 0.3) is 0 Å². The van der Waals surface area contributed by atoms with E-state index >= 15 is 0 Å². The molecule has 0 aliphatic heterocycles. The van der Waals surface area contributed by atoms with Gasteiger partial charge in [0.1, 0.15) is 11.8 Å². The molecule has 0 bridgehead atoms. The molecule has 2 aromatic rings. The molecular weight excluding hydrogens is 306 g/mol. The Balaban J connectivity index is 2.19. The molecule has 0 radical (unpaired) electrons. The number of aliphatic carboxylic acids is 1. The molecule has 0 fully saturated rings. The molecular formula is C19H23NO4. The highest BCUT2D eigenvalue weighted by Crippen LogP contribution is 2.25. The second-order valence-electron chi connectivity index (χ2n) is 5.88. The van der Waals surface area contributed by atoms with Crippen molar-refractivity contribution >= 4 is 22.6 Å². The Morgan fingerprint density at radius 2 is 1.83 bits per heavy atom. The smallest absolute Gasteiger partial charge is 0.326 e. The van der Waals surface area contributed by atoms with Crippen LogP contribution in [0.3, 0.4) is 0 Å². The maximum atomic E-state index is 12.4. The Bertz CT molecular complexity index is 741. The molecule has 24 heavy (non-hydrogen) atoms. The Labute approximate surface area is 141 Å². The number of carbonyl (C=O) groups is 2. The van der Waals surface area contributed by atoms with Crippen LogP contribution in [0.5, 0.6) is 5.75 Å². The number of amides is 1. The van der Waals surface area contributed by atoms with E-state index in [1.165, 1.54) is 0 Å². The average Bonchev–Trinajstić information content (AvgIpc) is 2.59. The summed E-state index contributed by atoms with van der Waals surface area (Å²) in [6, 6.07) is 10.7. The molecule has 0 aliphatic carbocycles. The van der Waals surface area contributed by atoms with E-state index in [1.54, 1.807) is 14.0 Å². The van der Waals surface area contributed by atoms with Gasteiger partial charge in [-0.25, -0.2) is 4.79 Å². The number of hydrogen-bond acceptors (Lipinski definition) is 3. The Morgan fingerprint density at radius 3 is 2.46 bits per heavy atom. The van der Waals surface area contributed by atoms with Crippen LogP contribution in [0.4, 0.5) is 0 Å². The van der Waals surface area contributed by atoms with Gasteiger partial charge in [0, 0.05) is 0 Å². The quantitative estimate of drug-likeness (QED) is 0.817. The van der Waals surface area contributed by atoms with E-state index in [2.05, 4.69) is 5.32 Å². The molecule has 5 heteroatoms. The molecule has 2 rings (SSSR count). The largest absolute Gasteiger partial charge is 0.497 e. The molecule has 0 aromatic heterocycles. The topological polar surface area (TPSA) is 75.6 Å². The third-order valence-electron chi connectivity index (χ3n) is 4.16. The summed E-state index contributed by atoms with van der Waals surface area (Å²) in [7, 11) is 1.62. The van der Waals surface area contributed by atoms with Crippen LogP contribution >= 0.6 is 0 Å². The minimum Gasteiger partial charge on any atom is -0.497 e. The van der Waals surface area contributed by atoms with Crippen LogP contribution in [-0.4, -0.2) is 30.1 Å². The van der Waals surface area contributed by atoms with Crippen molar-refractivity contribution in [1.82, 2.24) is 5.32 Å². The van der Waals surface area contributed by atoms with Gasteiger partial charge in [0.05, 0.1) is 13.0 Å². The average molecular weight is 329 g/mol. The van der Waals surface area contributed by atoms with Gasteiger partial charge in [-0.2, -0.15) is 0 Å². The third-order valence-corrected chi connectivity index (χ3v) is 4.16. The number of nitrogens with one attached hydrogen (secondary N) is 1. The predicted octanol–water partition coefficient (Wildman–Crippen LogP) is 3.32. The van der Waals surface area contributed by atoms with Gasteiger partial charge in [-0.1, -0.05) is 37.6 Å². The molecule has 0 heterocycles. The Hall–Kier alpha value is -2.56. The van der Waals surface area contributed by atoms with Crippen LogP contribution in [-0.2, 0) is 9.59 Å². The summed E-state index contributed by atoms with van der Waals surface area (Å²) in [4.78, 5) is 23.6.